The summed E-state index contributed by atoms with van der Waals surface area (Å²) in [6.45, 7) is 4.40. The Morgan fingerprint density at radius 2 is 1.53 bits per heavy atom. The third kappa shape index (κ3) is 5.22. The summed E-state index contributed by atoms with van der Waals surface area (Å²) >= 11 is 0. The van der Waals surface area contributed by atoms with Gasteiger partial charge >= 0.3 is 6.09 Å². The molecule has 1 rings (SSSR count). The lowest BCUT2D eigenvalue weighted by Crippen LogP contribution is -2.33. The van der Waals surface area contributed by atoms with Crippen LogP contribution < -0.4 is 0 Å². The van der Waals surface area contributed by atoms with Crippen LogP contribution in [0, 0.1) is 0 Å². The molecule has 0 aromatic carbocycles. The summed E-state index contributed by atoms with van der Waals surface area (Å²) in [7, 11) is -2.70. The van der Waals surface area contributed by atoms with Gasteiger partial charge in [-0.05, 0) is 12.8 Å². The average Bonchev–Trinajstić information content (AvgIpc) is 1.98. The van der Waals surface area contributed by atoms with Crippen molar-refractivity contribution in [3.8, 4) is 0 Å². The van der Waals surface area contributed by atoms with Gasteiger partial charge in [-0.15, -0.1) is 0 Å². The molecule has 15 heavy (non-hydrogen) atoms. The summed E-state index contributed by atoms with van der Waals surface area (Å²) in [6.07, 6.45) is 5.22. The number of likely N-dealkylation sites (tertiary alicyclic amines) is 1. The molecule has 1 amide bonds. The molecule has 1 aliphatic rings. The maximum absolute atomic E-state index is 11.6. The van der Waals surface area contributed by atoms with Crippen molar-refractivity contribution in [2.75, 3.05) is 26.4 Å². The number of nitrogens with zero attached hydrogens (tertiary/aromatic N) is 1. The first kappa shape index (κ1) is 12.6. The first-order valence-electron chi connectivity index (χ1n) is 5.52. The zero-order valence-electron chi connectivity index (χ0n) is 9.57. The second-order valence-electron chi connectivity index (χ2n) is 4.36. The molecule has 0 atom stereocenters. The molecule has 1 heterocycles. The van der Waals surface area contributed by atoms with E-state index in [1.165, 1.54) is 32.6 Å². The molecule has 1 saturated heterocycles. The Morgan fingerprint density at radius 3 is 2.00 bits per heavy atom. The van der Waals surface area contributed by atoms with E-state index in [4.69, 9.17) is 4.52 Å². The lowest BCUT2D eigenvalue weighted by molar-refractivity contribution is 0.149. The molecule has 0 bridgehead atoms. The Balaban J connectivity index is 2.45. The van der Waals surface area contributed by atoms with E-state index in [0.717, 1.165) is 25.9 Å². The second kappa shape index (κ2) is 5.55. The van der Waals surface area contributed by atoms with Crippen molar-refractivity contribution in [3.63, 3.8) is 0 Å². The molecular weight excluding hydrogens is 213 g/mol. The highest BCUT2D eigenvalue weighted by atomic mass is 31.2. The maximum Gasteiger partial charge on any atom is 0.414 e. The molecular formula is C10H20NO3P. The molecule has 0 N–H and O–H groups in total. The quantitative estimate of drug-likeness (QED) is 0.654. The Morgan fingerprint density at radius 1 is 1.07 bits per heavy atom. The van der Waals surface area contributed by atoms with Crippen molar-refractivity contribution in [3.05, 3.63) is 0 Å². The first-order chi connectivity index (χ1) is 6.99. The van der Waals surface area contributed by atoms with Gasteiger partial charge in [0.1, 0.15) is 0 Å². The smallest absolute Gasteiger partial charge is 0.396 e. The summed E-state index contributed by atoms with van der Waals surface area (Å²) in [5, 5.41) is 0. The van der Waals surface area contributed by atoms with Gasteiger partial charge in [0.25, 0.3) is 0 Å². The van der Waals surface area contributed by atoms with Crippen molar-refractivity contribution >= 4 is 13.5 Å². The fourth-order valence-corrected chi connectivity index (χ4v) is 2.17. The van der Waals surface area contributed by atoms with E-state index in [-0.39, 0.29) is 0 Å². The third-order valence-electron chi connectivity index (χ3n) is 2.41. The van der Waals surface area contributed by atoms with Gasteiger partial charge in [0, 0.05) is 26.4 Å². The predicted molar refractivity (Wildman–Crippen MR) is 60.6 cm³/mol. The monoisotopic (exact) mass is 233 g/mol. The molecule has 0 spiro atoms. The van der Waals surface area contributed by atoms with Gasteiger partial charge in [0.15, 0.2) is 0 Å². The third-order valence-corrected chi connectivity index (χ3v) is 3.01. The van der Waals surface area contributed by atoms with Gasteiger partial charge in [-0.1, -0.05) is 19.3 Å². The molecule has 0 saturated carbocycles. The molecule has 5 heteroatoms. The number of amides is 1. The fraction of sp³-hybridized carbons (Fsp3) is 0.900. The molecule has 0 unspecified atom stereocenters. The van der Waals surface area contributed by atoms with E-state index >= 15 is 0 Å². The van der Waals surface area contributed by atoms with Crippen LogP contribution in [0.3, 0.4) is 0 Å². The van der Waals surface area contributed by atoms with E-state index in [9.17, 15) is 9.36 Å². The maximum atomic E-state index is 11.6. The number of hydrogen-bond acceptors (Lipinski definition) is 3. The molecule has 0 aliphatic carbocycles. The number of rotatable bonds is 1. The van der Waals surface area contributed by atoms with Crippen molar-refractivity contribution in [1.82, 2.24) is 4.90 Å². The lowest BCUT2D eigenvalue weighted by Gasteiger charge is -2.24. The van der Waals surface area contributed by atoms with E-state index < -0.39 is 13.5 Å². The highest BCUT2D eigenvalue weighted by Crippen LogP contribution is 2.38. The van der Waals surface area contributed by atoms with Gasteiger partial charge in [0.05, 0.1) is 0 Å². The van der Waals surface area contributed by atoms with Crippen molar-refractivity contribution in [1.29, 1.82) is 0 Å². The van der Waals surface area contributed by atoms with Crippen LogP contribution in [0.1, 0.15) is 32.1 Å². The Bertz CT molecular complexity index is 253. The largest absolute Gasteiger partial charge is 0.414 e. The van der Waals surface area contributed by atoms with Gasteiger partial charge in [-0.3, -0.25) is 4.57 Å². The van der Waals surface area contributed by atoms with Crippen molar-refractivity contribution < 1.29 is 13.9 Å². The SMILES string of the molecule is CP(C)(=O)OC(=O)N1CCCCCCC1. The average molecular weight is 233 g/mol. The molecule has 4 nitrogen and oxygen atoms in total. The first-order valence-corrected chi connectivity index (χ1v) is 8.04. The van der Waals surface area contributed by atoms with E-state index in [0.29, 0.717) is 0 Å². The Kier molecular flexibility index (Phi) is 4.65. The van der Waals surface area contributed by atoms with E-state index in [2.05, 4.69) is 0 Å². The van der Waals surface area contributed by atoms with Gasteiger partial charge in [-0.25, -0.2) is 4.79 Å². The molecule has 0 aromatic heterocycles. The number of hydrogen-bond donors (Lipinski definition) is 0. The minimum Gasteiger partial charge on any atom is -0.396 e. The van der Waals surface area contributed by atoms with Crippen molar-refractivity contribution in [2.45, 2.75) is 32.1 Å². The van der Waals surface area contributed by atoms with Crippen LogP contribution in [-0.2, 0) is 9.09 Å². The highest BCUT2D eigenvalue weighted by molar-refractivity contribution is 7.57. The highest BCUT2D eigenvalue weighted by Gasteiger charge is 2.21. The Hall–Kier alpha value is -0.500. The molecule has 0 radical (unpaired) electrons. The van der Waals surface area contributed by atoms with Gasteiger partial charge in [0.2, 0.25) is 7.37 Å². The fourth-order valence-electron chi connectivity index (χ4n) is 1.68. The lowest BCUT2D eigenvalue weighted by atomic mass is 10.1. The summed E-state index contributed by atoms with van der Waals surface area (Å²) in [5.41, 5.74) is 0. The van der Waals surface area contributed by atoms with Crippen LogP contribution in [0.2, 0.25) is 0 Å². The predicted octanol–water partition coefficient (Wildman–Crippen LogP) is 2.93. The van der Waals surface area contributed by atoms with E-state index in [1.807, 2.05) is 0 Å². The molecule has 0 aromatic rings. The van der Waals surface area contributed by atoms with E-state index in [1.54, 1.807) is 4.90 Å². The Labute approximate surface area is 91.4 Å². The molecule has 88 valence electrons. The topological polar surface area (TPSA) is 46.6 Å². The van der Waals surface area contributed by atoms with Crippen LogP contribution in [0.25, 0.3) is 0 Å². The zero-order valence-corrected chi connectivity index (χ0v) is 10.5. The molecule has 1 aliphatic heterocycles. The second-order valence-corrected chi connectivity index (χ2v) is 7.05. The van der Waals surface area contributed by atoms with Crippen LogP contribution in [0.4, 0.5) is 4.79 Å². The molecule has 1 fully saturated rings. The van der Waals surface area contributed by atoms with Crippen LogP contribution in [0.15, 0.2) is 0 Å². The van der Waals surface area contributed by atoms with Crippen molar-refractivity contribution in [2.24, 2.45) is 0 Å². The number of carbonyl (C=O) groups excluding carboxylic acids is 1. The summed E-state index contributed by atoms with van der Waals surface area (Å²) in [6, 6.07) is 0. The van der Waals surface area contributed by atoms with Crippen LogP contribution >= 0.6 is 7.37 Å². The van der Waals surface area contributed by atoms with Gasteiger partial charge in [-0.2, -0.15) is 0 Å². The van der Waals surface area contributed by atoms with Gasteiger partial charge < -0.3 is 9.42 Å². The summed E-state index contributed by atoms with van der Waals surface area (Å²) in [5.74, 6) is 0. The number of carbonyl (C=O) groups is 1. The summed E-state index contributed by atoms with van der Waals surface area (Å²) < 4.78 is 16.3. The van der Waals surface area contributed by atoms with Crippen LogP contribution in [-0.4, -0.2) is 37.4 Å². The summed E-state index contributed by atoms with van der Waals surface area (Å²) in [4.78, 5) is 13.3. The zero-order chi connectivity index (χ0) is 11.3. The van der Waals surface area contributed by atoms with Crippen LogP contribution in [0.5, 0.6) is 0 Å². The minimum atomic E-state index is -2.70. The minimum absolute atomic E-state index is 0.412. The standard InChI is InChI=1S/C10H20NO3P/c1-15(2,13)14-10(12)11-8-6-4-3-5-7-9-11/h3-9H2,1-2H3. The normalized spacial score (nSPS) is 19.2.